The Bertz CT molecular complexity index is 508. The lowest BCUT2D eigenvalue weighted by Crippen LogP contribution is -2.46. The molecule has 1 saturated heterocycles. The number of aromatic nitrogens is 1. The van der Waals surface area contributed by atoms with Crippen molar-refractivity contribution in [1.29, 1.82) is 0 Å². The molecule has 0 aromatic carbocycles. The van der Waals surface area contributed by atoms with Gasteiger partial charge in [0.15, 0.2) is 5.15 Å². The smallest absolute Gasteiger partial charge is 0.357 e. The molecule has 0 bridgehead atoms. The Kier molecular flexibility index (Phi) is 3.33. The van der Waals surface area contributed by atoms with E-state index in [0.29, 0.717) is 19.4 Å². The Morgan fingerprint density at radius 3 is 2.89 bits per heavy atom. The lowest BCUT2D eigenvalue weighted by Gasteiger charge is -2.19. The Morgan fingerprint density at radius 2 is 2.28 bits per heavy atom. The topological polar surface area (TPSA) is 101 Å². The first-order chi connectivity index (χ1) is 8.50. The van der Waals surface area contributed by atoms with Crippen molar-refractivity contribution >= 4 is 29.1 Å². The van der Waals surface area contributed by atoms with Crippen molar-refractivity contribution in [3.8, 4) is 0 Å². The number of aromatic amines is 1. The predicted molar refractivity (Wildman–Crippen MR) is 60.0 cm³/mol. The fraction of sp³-hybridized carbons (Fsp3) is 0.400. The fourth-order valence-electron chi connectivity index (χ4n) is 2.10. The van der Waals surface area contributed by atoms with Gasteiger partial charge < -0.3 is 9.90 Å². The normalized spacial score (nSPS) is 18.9. The van der Waals surface area contributed by atoms with Crippen LogP contribution < -0.4 is 15.0 Å². The molecule has 1 aromatic rings. The molecular formula is C10H10ClN3O4. The van der Waals surface area contributed by atoms with Gasteiger partial charge in [-0.15, -0.1) is 0 Å². The molecule has 0 unspecified atom stereocenters. The van der Waals surface area contributed by atoms with Crippen LogP contribution in [0.4, 0.5) is 11.5 Å². The van der Waals surface area contributed by atoms with E-state index >= 15 is 0 Å². The van der Waals surface area contributed by atoms with Crippen LogP contribution in [-0.4, -0.2) is 23.5 Å². The van der Waals surface area contributed by atoms with Crippen molar-refractivity contribution in [1.82, 2.24) is 0 Å². The van der Waals surface area contributed by atoms with E-state index in [-0.39, 0.29) is 16.7 Å². The van der Waals surface area contributed by atoms with Crippen LogP contribution in [0.2, 0.25) is 5.15 Å². The fourth-order valence-corrected chi connectivity index (χ4v) is 2.25. The van der Waals surface area contributed by atoms with E-state index < -0.39 is 16.9 Å². The number of hydrogen-bond acceptors (Lipinski definition) is 5. The molecule has 2 heterocycles. The molecule has 7 nitrogen and oxygen atoms in total. The van der Waals surface area contributed by atoms with Gasteiger partial charge in [0.25, 0.3) is 0 Å². The van der Waals surface area contributed by atoms with Crippen LogP contribution in [0.15, 0.2) is 12.1 Å². The first-order valence-electron chi connectivity index (χ1n) is 5.34. The number of nitrogens with zero attached hydrogens (tertiary/aromatic N) is 2. The van der Waals surface area contributed by atoms with Gasteiger partial charge in [0, 0.05) is 12.1 Å². The zero-order chi connectivity index (χ0) is 13.3. The molecule has 1 N–H and O–H groups in total. The van der Waals surface area contributed by atoms with E-state index in [1.807, 2.05) is 0 Å². The van der Waals surface area contributed by atoms with Crippen molar-refractivity contribution in [2.45, 2.75) is 18.9 Å². The molecule has 2 rings (SSSR count). The first kappa shape index (κ1) is 12.6. The van der Waals surface area contributed by atoms with E-state index in [4.69, 9.17) is 11.6 Å². The Hall–Kier alpha value is -1.89. The number of carbonyl (C=O) groups excluding carboxylic acids is 1. The van der Waals surface area contributed by atoms with Crippen molar-refractivity contribution in [3.63, 3.8) is 0 Å². The standard InChI is InChI=1S/C10H10ClN3O4/c11-8-4-3-6(14(17)18)9(12-8)13-5-1-2-7(13)10(15)16/h3-4,7H,1-2,5H2,(H,15,16)/t7-/m0/s1. The SMILES string of the molecule is O=C([O-])[C@@H]1CCCN1c1[nH+]c(Cl)ccc1[N+](=O)[O-]. The number of anilines is 1. The van der Waals surface area contributed by atoms with Crippen LogP contribution in [-0.2, 0) is 4.79 Å². The monoisotopic (exact) mass is 271 g/mol. The summed E-state index contributed by atoms with van der Waals surface area (Å²) >= 11 is 5.76. The number of rotatable bonds is 3. The summed E-state index contributed by atoms with van der Waals surface area (Å²) in [6, 6.07) is 1.74. The maximum Gasteiger partial charge on any atom is 0.357 e. The number of carboxylic acid groups (broad SMARTS) is 1. The third-order valence-corrected chi connectivity index (χ3v) is 3.10. The molecule has 0 radical (unpaired) electrons. The molecule has 1 aliphatic heterocycles. The van der Waals surface area contributed by atoms with E-state index in [2.05, 4.69) is 4.98 Å². The Labute approximate surface area is 107 Å². The summed E-state index contributed by atoms with van der Waals surface area (Å²) in [6.07, 6.45) is 1.04. The molecule has 8 heteroatoms. The van der Waals surface area contributed by atoms with Crippen LogP contribution in [0.25, 0.3) is 0 Å². The number of carbonyl (C=O) groups is 1. The summed E-state index contributed by atoms with van der Waals surface area (Å²) in [5, 5.41) is 22.1. The zero-order valence-electron chi connectivity index (χ0n) is 9.26. The average molecular weight is 272 g/mol. The van der Waals surface area contributed by atoms with Gasteiger partial charge in [-0.1, -0.05) is 0 Å². The van der Waals surface area contributed by atoms with Gasteiger partial charge in [0.2, 0.25) is 0 Å². The molecule has 96 valence electrons. The number of H-pyrrole nitrogens is 1. The molecule has 1 aliphatic rings. The number of nitro groups is 1. The first-order valence-corrected chi connectivity index (χ1v) is 5.72. The van der Waals surface area contributed by atoms with E-state index in [9.17, 15) is 20.0 Å². The Morgan fingerprint density at radius 1 is 1.56 bits per heavy atom. The zero-order valence-corrected chi connectivity index (χ0v) is 10.0. The lowest BCUT2D eigenvalue weighted by atomic mass is 10.2. The average Bonchev–Trinajstić information content (AvgIpc) is 2.77. The molecule has 0 aliphatic carbocycles. The number of nitrogens with one attached hydrogen (secondary N) is 1. The van der Waals surface area contributed by atoms with Crippen molar-refractivity contribution in [3.05, 3.63) is 27.4 Å². The molecular weight excluding hydrogens is 262 g/mol. The summed E-state index contributed by atoms with van der Waals surface area (Å²) in [4.78, 5) is 25.4. The van der Waals surface area contributed by atoms with E-state index in [1.165, 1.54) is 17.0 Å². The summed E-state index contributed by atoms with van der Waals surface area (Å²) in [6.45, 7) is 0.413. The van der Waals surface area contributed by atoms with Crippen LogP contribution in [0.1, 0.15) is 12.8 Å². The number of hydrogen-bond donors (Lipinski definition) is 0. The lowest BCUT2D eigenvalue weighted by molar-refractivity contribution is -0.410. The van der Waals surface area contributed by atoms with Gasteiger partial charge in [-0.25, -0.2) is 9.88 Å². The molecule has 1 atom stereocenters. The van der Waals surface area contributed by atoms with Gasteiger partial charge in [-0.3, -0.25) is 10.1 Å². The minimum atomic E-state index is -1.24. The van der Waals surface area contributed by atoms with Crippen LogP contribution in [0, 0.1) is 10.1 Å². The second kappa shape index (κ2) is 4.77. The van der Waals surface area contributed by atoms with Crippen LogP contribution >= 0.6 is 11.6 Å². The molecule has 1 fully saturated rings. The summed E-state index contributed by atoms with van der Waals surface area (Å²) in [7, 11) is 0. The highest BCUT2D eigenvalue weighted by Gasteiger charge is 2.38. The second-order valence-electron chi connectivity index (χ2n) is 3.97. The summed E-state index contributed by atoms with van der Waals surface area (Å²) < 4.78 is 0. The maximum absolute atomic E-state index is 11.0. The molecule has 18 heavy (non-hydrogen) atoms. The van der Waals surface area contributed by atoms with Crippen molar-refractivity contribution < 1.29 is 19.8 Å². The quantitative estimate of drug-likeness (QED) is 0.430. The number of aliphatic carboxylic acids is 1. The largest absolute Gasteiger partial charge is 0.546 e. The second-order valence-corrected chi connectivity index (χ2v) is 4.37. The number of carboxylic acids is 1. The molecule has 0 spiro atoms. The van der Waals surface area contributed by atoms with Crippen LogP contribution in [0.5, 0.6) is 0 Å². The molecule has 1 aromatic heterocycles. The van der Waals surface area contributed by atoms with E-state index in [0.717, 1.165) is 0 Å². The van der Waals surface area contributed by atoms with Gasteiger partial charge >= 0.3 is 11.5 Å². The van der Waals surface area contributed by atoms with Gasteiger partial charge in [0.05, 0.1) is 17.4 Å². The third kappa shape index (κ3) is 2.21. The summed E-state index contributed by atoms with van der Waals surface area (Å²) in [5.41, 5.74) is -0.201. The highest BCUT2D eigenvalue weighted by molar-refractivity contribution is 6.28. The third-order valence-electron chi connectivity index (χ3n) is 2.88. The van der Waals surface area contributed by atoms with Gasteiger partial charge in [-0.2, -0.15) is 0 Å². The number of halogens is 1. The minimum Gasteiger partial charge on any atom is -0.546 e. The Balaban J connectivity index is 2.46. The predicted octanol–water partition coefficient (Wildman–Crippen LogP) is -0.219. The summed E-state index contributed by atoms with van der Waals surface area (Å²) in [5.74, 6) is -1.13. The minimum absolute atomic E-state index is 0.110. The molecule has 0 saturated carbocycles. The van der Waals surface area contributed by atoms with Gasteiger partial charge in [-0.05, 0) is 24.4 Å². The number of pyridine rings is 1. The molecule has 0 amide bonds. The highest BCUT2D eigenvalue weighted by atomic mass is 35.5. The van der Waals surface area contributed by atoms with Crippen molar-refractivity contribution in [2.75, 3.05) is 11.4 Å². The van der Waals surface area contributed by atoms with Gasteiger partial charge in [0.1, 0.15) is 6.04 Å². The van der Waals surface area contributed by atoms with Crippen molar-refractivity contribution in [2.24, 2.45) is 0 Å². The maximum atomic E-state index is 11.0. The van der Waals surface area contributed by atoms with Crippen LogP contribution in [0.3, 0.4) is 0 Å². The van der Waals surface area contributed by atoms with E-state index in [1.54, 1.807) is 0 Å². The highest BCUT2D eigenvalue weighted by Crippen LogP contribution is 2.30.